The zero-order valence-electron chi connectivity index (χ0n) is 10.7. The minimum atomic E-state index is -0.580. The van der Waals surface area contributed by atoms with Crippen molar-refractivity contribution in [3.8, 4) is 5.75 Å². The molecular formula is C13H17NO4. The Morgan fingerprint density at radius 2 is 1.89 bits per heavy atom. The van der Waals surface area contributed by atoms with Crippen LogP contribution < -0.4 is 10.1 Å². The van der Waals surface area contributed by atoms with Gasteiger partial charge in [-0.2, -0.15) is 0 Å². The zero-order valence-corrected chi connectivity index (χ0v) is 10.7. The lowest BCUT2D eigenvalue weighted by Gasteiger charge is -2.13. The lowest BCUT2D eigenvalue weighted by atomic mass is 10.2. The van der Waals surface area contributed by atoms with Crippen LogP contribution in [-0.2, 0) is 9.53 Å². The predicted octanol–water partition coefficient (Wildman–Crippen LogP) is 1.38. The molecule has 5 nitrogen and oxygen atoms in total. The van der Waals surface area contributed by atoms with Crippen LogP contribution in [0.4, 0.5) is 0 Å². The molecule has 0 radical (unpaired) electrons. The molecule has 1 rings (SSSR count). The maximum Gasteiger partial charge on any atom is 0.338 e. The van der Waals surface area contributed by atoms with Crippen LogP contribution in [0.1, 0.15) is 24.2 Å². The summed E-state index contributed by atoms with van der Waals surface area (Å²) in [6.07, 6.45) is -0.580. The van der Waals surface area contributed by atoms with Crippen molar-refractivity contribution in [3.63, 3.8) is 0 Å². The van der Waals surface area contributed by atoms with E-state index in [9.17, 15) is 9.59 Å². The minimum Gasteiger partial charge on any atom is -0.481 e. The molecule has 0 aliphatic rings. The molecule has 0 heterocycles. The molecule has 5 heteroatoms. The first-order valence-corrected chi connectivity index (χ1v) is 5.74. The number of esters is 1. The number of likely N-dealkylation sites (N-methyl/N-ethyl adjacent to an activating group) is 1. The van der Waals surface area contributed by atoms with Gasteiger partial charge in [-0.15, -0.1) is 0 Å². The van der Waals surface area contributed by atoms with Gasteiger partial charge < -0.3 is 14.8 Å². The molecule has 1 unspecified atom stereocenters. The number of nitrogens with one attached hydrogen (secondary N) is 1. The van der Waals surface area contributed by atoms with E-state index in [1.807, 2.05) is 0 Å². The van der Waals surface area contributed by atoms with E-state index in [1.54, 1.807) is 45.2 Å². The first kappa shape index (κ1) is 14.0. The minimum absolute atomic E-state index is 0.204. The molecule has 18 heavy (non-hydrogen) atoms. The standard InChI is InChI=1S/C13H17NO4/c1-4-17-13(16)10-5-7-11(8-6-10)18-9(2)12(15)14-3/h5-9H,4H2,1-3H3,(H,14,15). The number of ether oxygens (including phenoxy) is 2. The van der Waals surface area contributed by atoms with Crippen molar-refractivity contribution >= 4 is 11.9 Å². The summed E-state index contributed by atoms with van der Waals surface area (Å²) in [5, 5.41) is 2.49. The second-order valence-corrected chi connectivity index (χ2v) is 3.62. The summed E-state index contributed by atoms with van der Waals surface area (Å²) in [6.45, 7) is 3.74. The number of rotatable bonds is 5. The van der Waals surface area contributed by atoms with E-state index in [-0.39, 0.29) is 11.9 Å². The van der Waals surface area contributed by atoms with Gasteiger partial charge in [0.05, 0.1) is 12.2 Å². The summed E-state index contributed by atoms with van der Waals surface area (Å²) < 4.78 is 10.3. The average Bonchev–Trinajstić information content (AvgIpc) is 2.38. The molecule has 0 bridgehead atoms. The van der Waals surface area contributed by atoms with Gasteiger partial charge in [0.2, 0.25) is 0 Å². The zero-order chi connectivity index (χ0) is 13.5. The highest BCUT2D eigenvalue weighted by molar-refractivity contribution is 5.89. The monoisotopic (exact) mass is 251 g/mol. The molecule has 0 aliphatic carbocycles. The third kappa shape index (κ3) is 3.76. The predicted molar refractivity (Wildman–Crippen MR) is 66.6 cm³/mol. The molecule has 0 spiro atoms. The normalized spacial score (nSPS) is 11.5. The Hall–Kier alpha value is -2.04. The van der Waals surface area contributed by atoms with Crippen molar-refractivity contribution in [2.24, 2.45) is 0 Å². The number of benzene rings is 1. The van der Waals surface area contributed by atoms with Gasteiger partial charge in [-0.05, 0) is 38.1 Å². The Kier molecular flexibility index (Phi) is 5.17. The van der Waals surface area contributed by atoms with Gasteiger partial charge in [-0.25, -0.2) is 4.79 Å². The lowest BCUT2D eigenvalue weighted by molar-refractivity contribution is -0.126. The molecular weight excluding hydrogens is 234 g/mol. The molecule has 1 aromatic carbocycles. The van der Waals surface area contributed by atoms with Gasteiger partial charge in [0.15, 0.2) is 6.10 Å². The van der Waals surface area contributed by atoms with Crippen LogP contribution in [0.2, 0.25) is 0 Å². The summed E-state index contributed by atoms with van der Waals surface area (Å²) in [7, 11) is 1.55. The van der Waals surface area contributed by atoms with E-state index in [0.717, 1.165) is 0 Å². The quantitative estimate of drug-likeness (QED) is 0.803. The van der Waals surface area contributed by atoms with E-state index in [1.165, 1.54) is 0 Å². The average molecular weight is 251 g/mol. The van der Waals surface area contributed by atoms with Gasteiger partial charge in [-0.3, -0.25) is 4.79 Å². The molecule has 0 fully saturated rings. The fourth-order valence-corrected chi connectivity index (χ4v) is 1.34. The van der Waals surface area contributed by atoms with Crippen LogP contribution in [-0.4, -0.2) is 31.6 Å². The molecule has 0 saturated heterocycles. The highest BCUT2D eigenvalue weighted by Gasteiger charge is 2.13. The van der Waals surface area contributed by atoms with E-state index >= 15 is 0 Å². The summed E-state index contributed by atoms with van der Waals surface area (Å²) in [5.41, 5.74) is 0.455. The third-order valence-electron chi connectivity index (χ3n) is 2.29. The van der Waals surface area contributed by atoms with Crippen LogP contribution in [0.5, 0.6) is 5.75 Å². The maximum absolute atomic E-state index is 11.4. The van der Waals surface area contributed by atoms with Crippen molar-refractivity contribution in [1.29, 1.82) is 0 Å². The highest BCUT2D eigenvalue weighted by Crippen LogP contribution is 2.14. The first-order chi connectivity index (χ1) is 8.58. The van der Waals surface area contributed by atoms with Gasteiger partial charge in [0.1, 0.15) is 5.75 Å². The van der Waals surface area contributed by atoms with E-state index in [0.29, 0.717) is 17.9 Å². The van der Waals surface area contributed by atoms with Crippen molar-refractivity contribution in [3.05, 3.63) is 29.8 Å². The topological polar surface area (TPSA) is 64.6 Å². The number of hydrogen-bond acceptors (Lipinski definition) is 4. The third-order valence-corrected chi connectivity index (χ3v) is 2.29. The van der Waals surface area contributed by atoms with Crippen LogP contribution in [0, 0.1) is 0 Å². The molecule has 1 amide bonds. The van der Waals surface area contributed by atoms with Crippen LogP contribution in [0.3, 0.4) is 0 Å². The van der Waals surface area contributed by atoms with Crippen LogP contribution in [0.15, 0.2) is 24.3 Å². The Morgan fingerprint density at radius 1 is 1.28 bits per heavy atom. The van der Waals surface area contributed by atoms with Crippen LogP contribution >= 0.6 is 0 Å². The van der Waals surface area contributed by atoms with E-state index in [2.05, 4.69) is 5.32 Å². The maximum atomic E-state index is 11.4. The molecule has 1 atom stereocenters. The van der Waals surface area contributed by atoms with Crippen molar-refractivity contribution < 1.29 is 19.1 Å². The highest BCUT2D eigenvalue weighted by atomic mass is 16.5. The Morgan fingerprint density at radius 3 is 2.39 bits per heavy atom. The smallest absolute Gasteiger partial charge is 0.338 e. The van der Waals surface area contributed by atoms with Crippen LogP contribution in [0.25, 0.3) is 0 Å². The fraction of sp³-hybridized carbons (Fsp3) is 0.385. The van der Waals surface area contributed by atoms with Gasteiger partial charge in [0, 0.05) is 7.05 Å². The first-order valence-electron chi connectivity index (χ1n) is 5.74. The summed E-state index contributed by atoms with van der Waals surface area (Å²) in [5.74, 6) is -0.0491. The van der Waals surface area contributed by atoms with Crippen molar-refractivity contribution in [2.45, 2.75) is 20.0 Å². The molecule has 98 valence electrons. The molecule has 0 aliphatic heterocycles. The Balaban J connectivity index is 2.65. The molecule has 0 aromatic heterocycles. The Labute approximate surface area is 106 Å². The molecule has 0 saturated carbocycles. The summed E-state index contributed by atoms with van der Waals surface area (Å²) in [6, 6.07) is 6.46. The number of carbonyl (C=O) groups is 2. The second-order valence-electron chi connectivity index (χ2n) is 3.62. The molecule has 1 aromatic rings. The van der Waals surface area contributed by atoms with E-state index < -0.39 is 6.10 Å². The largest absolute Gasteiger partial charge is 0.481 e. The van der Waals surface area contributed by atoms with Crippen molar-refractivity contribution in [2.75, 3.05) is 13.7 Å². The lowest BCUT2D eigenvalue weighted by Crippen LogP contribution is -2.33. The number of carbonyl (C=O) groups excluding carboxylic acids is 2. The number of hydrogen-bond donors (Lipinski definition) is 1. The Bertz CT molecular complexity index is 414. The molecule has 1 N–H and O–H groups in total. The van der Waals surface area contributed by atoms with E-state index in [4.69, 9.17) is 9.47 Å². The summed E-state index contributed by atoms with van der Waals surface area (Å²) in [4.78, 5) is 22.7. The SMILES string of the molecule is CCOC(=O)c1ccc(OC(C)C(=O)NC)cc1. The number of amides is 1. The van der Waals surface area contributed by atoms with Gasteiger partial charge in [0.25, 0.3) is 5.91 Å². The fourth-order valence-electron chi connectivity index (χ4n) is 1.34. The van der Waals surface area contributed by atoms with Gasteiger partial charge >= 0.3 is 5.97 Å². The van der Waals surface area contributed by atoms with Crippen molar-refractivity contribution in [1.82, 2.24) is 5.32 Å². The summed E-state index contributed by atoms with van der Waals surface area (Å²) >= 11 is 0. The second kappa shape index (κ2) is 6.64. The van der Waals surface area contributed by atoms with Gasteiger partial charge in [-0.1, -0.05) is 0 Å².